The number of carbonyl (C=O) groups is 1. The van der Waals surface area contributed by atoms with Crippen molar-refractivity contribution in [3.05, 3.63) is 48.7 Å². The van der Waals surface area contributed by atoms with E-state index in [9.17, 15) is 4.79 Å². The quantitative estimate of drug-likeness (QED) is 0.584. The second kappa shape index (κ2) is 6.84. The Balaban J connectivity index is 1.23. The number of amides is 1. The molecule has 1 amide bonds. The summed E-state index contributed by atoms with van der Waals surface area (Å²) in [6.07, 6.45) is 3.31. The van der Waals surface area contributed by atoms with Gasteiger partial charge in [0.25, 0.3) is 0 Å². The van der Waals surface area contributed by atoms with Crippen LogP contribution in [0.1, 0.15) is 12.8 Å². The molecule has 1 aliphatic rings. The van der Waals surface area contributed by atoms with Gasteiger partial charge in [-0.05, 0) is 59.7 Å². The fraction of sp³-hybridized carbons (Fsp3) is 0.263. The van der Waals surface area contributed by atoms with Crippen molar-refractivity contribution in [2.75, 3.05) is 23.3 Å². The number of tetrazole rings is 1. The van der Waals surface area contributed by atoms with E-state index < -0.39 is 0 Å². The highest BCUT2D eigenvalue weighted by molar-refractivity contribution is 5.95. The molecule has 9 nitrogen and oxygen atoms in total. The van der Waals surface area contributed by atoms with E-state index in [-0.39, 0.29) is 11.8 Å². The molecule has 1 fully saturated rings. The molecule has 3 aromatic heterocycles. The van der Waals surface area contributed by atoms with Crippen LogP contribution >= 0.6 is 0 Å². The molecule has 28 heavy (non-hydrogen) atoms. The number of nitrogens with zero attached hydrogens (tertiary/aromatic N) is 7. The Hall–Kier alpha value is -3.62. The fourth-order valence-electron chi connectivity index (χ4n) is 3.58. The highest BCUT2D eigenvalue weighted by atomic mass is 16.1. The Morgan fingerprint density at radius 3 is 2.89 bits per heavy atom. The molecule has 1 aliphatic heterocycles. The predicted molar refractivity (Wildman–Crippen MR) is 104 cm³/mol. The molecule has 9 heteroatoms. The van der Waals surface area contributed by atoms with E-state index in [2.05, 4.69) is 35.8 Å². The molecule has 0 radical (unpaired) electrons. The number of rotatable bonds is 3. The van der Waals surface area contributed by atoms with E-state index in [0.29, 0.717) is 5.65 Å². The van der Waals surface area contributed by atoms with Gasteiger partial charge in [-0.1, -0.05) is 6.07 Å². The molecule has 140 valence electrons. The highest BCUT2D eigenvalue weighted by Gasteiger charge is 2.26. The van der Waals surface area contributed by atoms with Crippen molar-refractivity contribution >= 4 is 34.0 Å². The van der Waals surface area contributed by atoms with Gasteiger partial charge in [-0.25, -0.2) is 0 Å². The van der Waals surface area contributed by atoms with Crippen molar-refractivity contribution in [3.63, 3.8) is 0 Å². The monoisotopic (exact) mass is 374 g/mol. The fourth-order valence-corrected chi connectivity index (χ4v) is 3.58. The Morgan fingerprint density at radius 1 is 1.11 bits per heavy atom. The number of hydrogen-bond acceptors (Lipinski definition) is 7. The van der Waals surface area contributed by atoms with Crippen molar-refractivity contribution in [3.8, 4) is 0 Å². The third-order valence-corrected chi connectivity index (χ3v) is 5.12. The minimum atomic E-state index is -0.0161. The molecule has 1 saturated heterocycles. The van der Waals surface area contributed by atoms with Crippen molar-refractivity contribution in [1.29, 1.82) is 0 Å². The average Bonchev–Trinajstić information content (AvgIpc) is 3.21. The minimum absolute atomic E-state index is 0.0161. The van der Waals surface area contributed by atoms with Crippen LogP contribution < -0.4 is 10.2 Å². The largest absolute Gasteiger partial charge is 0.355 e. The van der Waals surface area contributed by atoms with Gasteiger partial charge in [0, 0.05) is 36.3 Å². The first-order valence-electron chi connectivity index (χ1n) is 9.22. The van der Waals surface area contributed by atoms with Crippen LogP contribution in [0.5, 0.6) is 0 Å². The topological polar surface area (TPSA) is 101 Å². The van der Waals surface area contributed by atoms with Gasteiger partial charge < -0.3 is 10.2 Å². The molecule has 0 aliphatic carbocycles. The first-order chi connectivity index (χ1) is 13.8. The molecule has 1 aromatic carbocycles. The first-order valence-corrected chi connectivity index (χ1v) is 9.22. The molecule has 0 saturated carbocycles. The van der Waals surface area contributed by atoms with Crippen LogP contribution in [0.25, 0.3) is 16.6 Å². The molecular weight excluding hydrogens is 356 g/mol. The van der Waals surface area contributed by atoms with Gasteiger partial charge in [0.15, 0.2) is 11.5 Å². The zero-order valence-corrected chi connectivity index (χ0v) is 15.1. The first kappa shape index (κ1) is 16.5. The van der Waals surface area contributed by atoms with Crippen LogP contribution in [0.4, 0.5) is 11.5 Å². The summed E-state index contributed by atoms with van der Waals surface area (Å²) in [6.45, 7) is 1.53. The van der Waals surface area contributed by atoms with Gasteiger partial charge in [0.2, 0.25) is 5.91 Å². The molecule has 4 aromatic rings. The molecule has 4 heterocycles. The maximum absolute atomic E-state index is 12.7. The Labute approximate surface area is 160 Å². The van der Waals surface area contributed by atoms with E-state index >= 15 is 0 Å². The summed E-state index contributed by atoms with van der Waals surface area (Å²) in [6, 6.07) is 13.4. The number of carbonyl (C=O) groups excluding carboxylic acids is 1. The van der Waals surface area contributed by atoms with Crippen LogP contribution in [0, 0.1) is 5.92 Å². The zero-order valence-electron chi connectivity index (χ0n) is 15.1. The van der Waals surface area contributed by atoms with Gasteiger partial charge in [0.05, 0.1) is 5.52 Å². The van der Waals surface area contributed by atoms with Gasteiger partial charge in [-0.2, -0.15) is 0 Å². The van der Waals surface area contributed by atoms with Gasteiger partial charge in [-0.3, -0.25) is 9.78 Å². The number of fused-ring (bicyclic) bond motifs is 2. The van der Waals surface area contributed by atoms with Crippen LogP contribution in [-0.2, 0) is 4.79 Å². The highest BCUT2D eigenvalue weighted by Crippen LogP contribution is 2.24. The van der Waals surface area contributed by atoms with Gasteiger partial charge >= 0.3 is 0 Å². The molecule has 0 unspecified atom stereocenters. The number of aromatic nitrogens is 6. The molecule has 1 N–H and O–H groups in total. The SMILES string of the molecule is O=C(Nc1ccc2ncccc2c1)C1CCN(c2ccc3nnnn3n2)CC1. The van der Waals surface area contributed by atoms with Crippen LogP contribution in [0.3, 0.4) is 0 Å². The maximum atomic E-state index is 12.7. The number of benzene rings is 1. The van der Waals surface area contributed by atoms with E-state index in [1.165, 1.54) is 4.63 Å². The molecule has 0 bridgehead atoms. The van der Waals surface area contributed by atoms with Crippen molar-refractivity contribution in [2.24, 2.45) is 5.92 Å². The Morgan fingerprint density at radius 2 is 2.00 bits per heavy atom. The summed E-state index contributed by atoms with van der Waals surface area (Å²) < 4.78 is 1.42. The number of piperidine rings is 1. The van der Waals surface area contributed by atoms with Crippen LogP contribution in [-0.4, -0.2) is 49.2 Å². The average molecular weight is 374 g/mol. The van der Waals surface area contributed by atoms with E-state index in [1.54, 1.807) is 6.20 Å². The Kier molecular flexibility index (Phi) is 4.04. The lowest BCUT2D eigenvalue weighted by molar-refractivity contribution is -0.120. The lowest BCUT2D eigenvalue weighted by Crippen LogP contribution is -2.38. The molecular formula is C19H18N8O. The van der Waals surface area contributed by atoms with E-state index in [1.807, 2.05) is 42.5 Å². The number of anilines is 2. The lowest BCUT2D eigenvalue weighted by Gasteiger charge is -2.31. The van der Waals surface area contributed by atoms with Crippen LogP contribution in [0.15, 0.2) is 48.7 Å². The normalized spacial score (nSPS) is 15.2. The second-order valence-electron chi connectivity index (χ2n) is 6.88. The lowest BCUT2D eigenvalue weighted by atomic mass is 9.95. The summed E-state index contributed by atoms with van der Waals surface area (Å²) in [5, 5.41) is 19.8. The molecule has 0 atom stereocenters. The standard InChI is InChI=1S/C19H18N8O/c28-19(21-15-3-4-16-14(12-15)2-1-9-20-16)13-7-10-26(11-8-13)18-6-5-17-22-24-25-27(17)23-18/h1-6,9,12-13H,7-8,10-11H2,(H,21,28). The smallest absolute Gasteiger partial charge is 0.227 e. The predicted octanol–water partition coefficient (Wildman–Crippen LogP) is 1.92. The Bertz CT molecular complexity index is 1150. The van der Waals surface area contributed by atoms with E-state index in [0.717, 1.165) is 48.3 Å². The third-order valence-electron chi connectivity index (χ3n) is 5.12. The molecule has 0 spiro atoms. The van der Waals surface area contributed by atoms with Crippen LogP contribution in [0.2, 0.25) is 0 Å². The van der Waals surface area contributed by atoms with Crippen molar-refractivity contribution in [1.82, 2.24) is 30.2 Å². The van der Waals surface area contributed by atoms with Gasteiger partial charge in [0.1, 0.15) is 0 Å². The maximum Gasteiger partial charge on any atom is 0.227 e. The zero-order chi connectivity index (χ0) is 18.9. The third kappa shape index (κ3) is 3.11. The van der Waals surface area contributed by atoms with Crippen molar-refractivity contribution < 1.29 is 4.79 Å². The summed E-state index contributed by atoms with van der Waals surface area (Å²) in [4.78, 5) is 19.2. The van der Waals surface area contributed by atoms with Gasteiger partial charge in [-0.15, -0.1) is 14.8 Å². The molecule has 5 rings (SSSR count). The summed E-state index contributed by atoms with van der Waals surface area (Å²) in [5.74, 6) is 0.866. The summed E-state index contributed by atoms with van der Waals surface area (Å²) >= 11 is 0. The van der Waals surface area contributed by atoms with Crippen molar-refractivity contribution in [2.45, 2.75) is 12.8 Å². The number of nitrogens with one attached hydrogen (secondary N) is 1. The second-order valence-corrected chi connectivity index (χ2v) is 6.88. The summed E-state index contributed by atoms with van der Waals surface area (Å²) in [7, 11) is 0. The number of pyridine rings is 1. The summed E-state index contributed by atoms with van der Waals surface area (Å²) in [5.41, 5.74) is 2.34. The number of hydrogen-bond donors (Lipinski definition) is 1. The minimum Gasteiger partial charge on any atom is -0.355 e. The van der Waals surface area contributed by atoms with E-state index in [4.69, 9.17) is 0 Å².